The van der Waals surface area contributed by atoms with E-state index in [2.05, 4.69) is 10.6 Å². The number of benzene rings is 2. The van der Waals surface area contributed by atoms with Crippen molar-refractivity contribution < 1.29 is 24.2 Å². The normalized spacial score (nSPS) is 11.4. The van der Waals surface area contributed by atoms with Gasteiger partial charge in [0.05, 0.1) is 19.8 Å². The smallest absolute Gasteiger partial charge is 0.335 e. The summed E-state index contributed by atoms with van der Waals surface area (Å²) in [6, 6.07) is 11.7. The molecule has 7 nitrogen and oxygen atoms in total. The van der Waals surface area contributed by atoms with Crippen molar-refractivity contribution in [3.8, 4) is 11.5 Å². The number of methoxy groups -OCH3 is 2. The molecule has 0 bridgehead atoms. The van der Waals surface area contributed by atoms with Gasteiger partial charge in [-0.2, -0.15) is 0 Å². The summed E-state index contributed by atoms with van der Waals surface area (Å²) in [6.45, 7) is 2.23. The Labute approximate surface area is 158 Å². The van der Waals surface area contributed by atoms with Gasteiger partial charge in [0, 0.05) is 12.6 Å². The summed E-state index contributed by atoms with van der Waals surface area (Å²) < 4.78 is 10.5. The summed E-state index contributed by atoms with van der Waals surface area (Å²) in [6.07, 6.45) is 0.640. The second kappa shape index (κ2) is 9.47. The molecular formula is C20H24N2O5. The molecule has 0 spiro atoms. The Hall–Kier alpha value is -3.22. The van der Waals surface area contributed by atoms with Crippen LogP contribution in [0.1, 0.15) is 28.4 Å². The third kappa shape index (κ3) is 5.91. The lowest BCUT2D eigenvalue weighted by atomic mass is 10.1. The van der Waals surface area contributed by atoms with Gasteiger partial charge in [-0.05, 0) is 48.7 Å². The first-order valence-electron chi connectivity index (χ1n) is 8.50. The Kier molecular flexibility index (Phi) is 7.05. The van der Waals surface area contributed by atoms with Crippen LogP contribution >= 0.6 is 0 Å². The zero-order valence-corrected chi connectivity index (χ0v) is 15.6. The average molecular weight is 372 g/mol. The Bertz CT molecular complexity index is 789. The SMILES string of the molecule is COc1ccc(CC(C)NC(=O)NCc2ccc(C(=O)O)cc2)cc1OC. The van der Waals surface area contributed by atoms with E-state index in [1.54, 1.807) is 26.4 Å². The number of urea groups is 1. The highest BCUT2D eigenvalue weighted by Crippen LogP contribution is 2.27. The molecule has 0 saturated carbocycles. The number of nitrogens with one attached hydrogen (secondary N) is 2. The fourth-order valence-electron chi connectivity index (χ4n) is 2.63. The summed E-state index contributed by atoms with van der Waals surface area (Å²) in [5.74, 6) is 0.334. The predicted molar refractivity (Wildman–Crippen MR) is 101 cm³/mol. The van der Waals surface area contributed by atoms with Crippen molar-refractivity contribution >= 4 is 12.0 Å². The minimum absolute atomic E-state index is 0.0857. The topological polar surface area (TPSA) is 96.9 Å². The number of carboxylic acid groups (broad SMARTS) is 1. The largest absolute Gasteiger partial charge is 0.493 e. The number of ether oxygens (including phenoxy) is 2. The molecule has 0 aliphatic rings. The maximum atomic E-state index is 12.1. The van der Waals surface area contributed by atoms with Gasteiger partial charge < -0.3 is 25.2 Å². The highest BCUT2D eigenvalue weighted by Gasteiger charge is 2.11. The number of carboxylic acids is 1. The third-order valence-electron chi connectivity index (χ3n) is 4.02. The van der Waals surface area contributed by atoms with Gasteiger partial charge in [0.15, 0.2) is 11.5 Å². The second-order valence-electron chi connectivity index (χ2n) is 6.12. The molecule has 1 unspecified atom stereocenters. The van der Waals surface area contributed by atoms with Gasteiger partial charge in [0.1, 0.15) is 0 Å². The van der Waals surface area contributed by atoms with Gasteiger partial charge in [-0.1, -0.05) is 18.2 Å². The molecule has 0 heterocycles. The molecule has 0 radical (unpaired) electrons. The van der Waals surface area contributed by atoms with Crippen molar-refractivity contribution in [2.75, 3.05) is 14.2 Å². The van der Waals surface area contributed by atoms with Gasteiger partial charge in [-0.3, -0.25) is 0 Å². The van der Waals surface area contributed by atoms with Crippen LogP contribution in [-0.4, -0.2) is 37.4 Å². The number of hydrogen-bond acceptors (Lipinski definition) is 4. The van der Waals surface area contributed by atoms with Crippen molar-refractivity contribution in [1.29, 1.82) is 0 Å². The van der Waals surface area contributed by atoms with E-state index in [0.29, 0.717) is 24.5 Å². The molecule has 3 N–H and O–H groups in total. The van der Waals surface area contributed by atoms with Crippen LogP contribution in [0.4, 0.5) is 4.79 Å². The highest BCUT2D eigenvalue weighted by atomic mass is 16.5. The van der Waals surface area contributed by atoms with E-state index < -0.39 is 5.97 Å². The lowest BCUT2D eigenvalue weighted by molar-refractivity contribution is 0.0697. The standard InChI is InChI=1S/C20H24N2O5/c1-13(10-15-6-9-17(26-2)18(11-15)27-3)22-20(25)21-12-14-4-7-16(8-5-14)19(23)24/h4-9,11,13H,10,12H2,1-3H3,(H,23,24)(H2,21,22,25). The van der Waals surface area contributed by atoms with Crippen LogP contribution in [-0.2, 0) is 13.0 Å². The first kappa shape index (κ1) is 20.1. The maximum absolute atomic E-state index is 12.1. The molecule has 2 aromatic carbocycles. The van der Waals surface area contributed by atoms with E-state index in [1.165, 1.54) is 12.1 Å². The minimum atomic E-state index is -0.976. The minimum Gasteiger partial charge on any atom is -0.493 e. The lowest BCUT2D eigenvalue weighted by Crippen LogP contribution is -2.41. The molecule has 1 atom stereocenters. The first-order valence-corrected chi connectivity index (χ1v) is 8.50. The number of hydrogen-bond donors (Lipinski definition) is 3. The molecule has 0 aliphatic carbocycles. The molecule has 27 heavy (non-hydrogen) atoms. The first-order chi connectivity index (χ1) is 12.9. The molecule has 7 heteroatoms. The molecule has 0 aliphatic heterocycles. The molecule has 0 fully saturated rings. The van der Waals surface area contributed by atoms with E-state index in [-0.39, 0.29) is 17.6 Å². The van der Waals surface area contributed by atoms with Gasteiger partial charge in [-0.15, -0.1) is 0 Å². The molecule has 2 rings (SSSR count). The van der Waals surface area contributed by atoms with E-state index in [0.717, 1.165) is 11.1 Å². The molecular weight excluding hydrogens is 348 g/mol. The van der Waals surface area contributed by atoms with Gasteiger partial charge in [0.2, 0.25) is 0 Å². The van der Waals surface area contributed by atoms with Crippen LogP contribution in [0.15, 0.2) is 42.5 Å². The van der Waals surface area contributed by atoms with Crippen molar-refractivity contribution in [3.05, 3.63) is 59.2 Å². The van der Waals surface area contributed by atoms with Crippen molar-refractivity contribution in [2.24, 2.45) is 0 Å². The van der Waals surface area contributed by atoms with Crippen LogP contribution in [0.5, 0.6) is 11.5 Å². The van der Waals surface area contributed by atoms with E-state index in [9.17, 15) is 9.59 Å². The Morgan fingerprint density at radius 1 is 1.00 bits per heavy atom. The van der Waals surface area contributed by atoms with Crippen LogP contribution in [0.25, 0.3) is 0 Å². The Balaban J connectivity index is 1.83. The predicted octanol–water partition coefficient (Wildman–Crippen LogP) is 2.83. The zero-order valence-electron chi connectivity index (χ0n) is 15.6. The van der Waals surface area contributed by atoms with Gasteiger partial charge in [-0.25, -0.2) is 9.59 Å². The zero-order chi connectivity index (χ0) is 19.8. The molecule has 2 aromatic rings. The summed E-state index contributed by atoms with van der Waals surface area (Å²) >= 11 is 0. The number of aromatic carboxylic acids is 1. The van der Waals surface area contributed by atoms with Gasteiger partial charge >= 0.3 is 12.0 Å². The van der Waals surface area contributed by atoms with Crippen LogP contribution in [0.2, 0.25) is 0 Å². The molecule has 144 valence electrons. The summed E-state index contributed by atoms with van der Waals surface area (Å²) in [5.41, 5.74) is 2.05. The quantitative estimate of drug-likeness (QED) is 0.662. The van der Waals surface area contributed by atoms with E-state index >= 15 is 0 Å². The lowest BCUT2D eigenvalue weighted by Gasteiger charge is -2.16. The molecule has 0 saturated heterocycles. The number of rotatable bonds is 8. The van der Waals surface area contributed by atoms with Crippen LogP contribution in [0, 0.1) is 0 Å². The fraction of sp³-hybridized carbons (Fsp3) is 0.300. The highest BCUT2D eigenvalue weighted by molar-refractivity contribution is 5.87. The maximum Gasteiger partial charge on any atom is 0.335 e. The van der Waals surface area contributed by atoms with E-state index in [1.807, 2.05) is 25.1 Å². The number of amides is 2. The van der Waals surface area contributed by atoms with Crippen LogP contribution < -0.4 is 20.1 Å². The Morgan fingerprint density at radius 2 is 1.63 bits per heavy atom. The summed E-state index contributed by atoms with van der Waals surface area (Å²) in [7, 11) is 3.17. The van der Waals surface area contributed by atoms with Gasteiger partial charge in [0.25, 0.3) is 0 Å². The second-order valence-corrected chi connectivity index (χ2v) is 6.12. The Morgan fingerprint density at radius 3 is 2.22 bits per heavy atom. The molecule has 2 amide bonds. The van der Waals surface area contributed by atoms with Crippen LogP contribution in [0.3, 0.4) is 0 Å². The summed E-state index contributed by atoms with van der Waals surface area (Å²) in [4.78, 5) is 22.9. The van der Waals surface area contributed by atoms with E-state index in [4.69, 9.17) is 14.6 Å². The van der Waals surface area contributed by atoms with Crippen molar-refractivity contribution in [1.82, 2.24) is 10.6 Å². The molecule has 0 aromatic heterocycles. The summed E-state index contributed by atoms with van der Waals surface area (Å²) in [5, 5.41) is 14.5. The number of carbonyl (C=O) groups excluding carboxylic acids is 1. The fourth-order valence-corrected chi connectivity index (χ4v) is 2.63. The number of carbonyl (C=O) groups is 2. The third-order valence-corrected chi connectivity index (χ3v) is 4.02. The van der Waals surface area contributed by atoms with Crippen molar-refractivity contribution in [2.45, 2.75) is 25.9 Å². The monoisotopic (exact) mass is 372 g/mol. The van der Waals surface area contributed by atoms with Crippen molar-refractivity contribution in [3.63, 3.8) is 0 Å². The average Bonchev–Trinajstić information content (AvgIpc) is 2.66.